The van der Waals surface area contributed by atoms with E-state index >= 15 is 0 Å². The number of hydrogen-bond acceptors (Lipinski definition) is 4. The normalized spacial score (nSPS) is 21.1. The van der Waals surface area contributed by atoms with Gasteiger partial charge in [-0.2, -0.15) is 0 Å². The lowest BCUT2D eigenvalue weighted by molar-refractivity contribution is -0.157. The van der Waals surface area contributed by atoms with Gasteiger partial charge in [-0.25, -0.2) is 4.79 Å². The Bertz CT molecular complexity index is 547. The van der Waals surface area contributed by atoms with Crippen LogP contribution in [0.25, 0.3) is 0 Å². The number of nitrogens with one attached hydrogen (secondary N) is 1. The van der Waals surface area contributed by atoms with Crippen LogP contribution in [-0.4, -0.2) is 28.7 Å². The van der Waals surface area contributed by atoms with Gasteiger partial charge in [0.05, 0.1) is 6.42 Å². The van der Waals surface area contributed by atoms with Crippen LogP contribution in [0.2, 0.25) is 0 Å². The lowest BCUT2D eigenvalue weighted by Crippen LogP contribution is -2.45. The van der Waals surface area contributed by atoms with E-state index in [1.54, 1.807) is 20.8 Å². The second kappa shape index (κ2) is 5.76. The van der Waals surface area contributed by atoms with E-state index in [4.69, 9.17) is 9.84 Å². The van der Waals surface area contributed by atoms with Crippen molar-refractivity contribution < 1.29 is 19.4 Å². The van der Waals surface area contributed by atoms with Crippen molar-refractivity contribution in [2.24, 2.45) is 5.92 Å². The van der Waals surface area contributed by atoms with Crippen LogP contribution < -0.4 is 5.32 Å². The van der Waals surface area contributed by atoms with Gasteiger partial charge in [0.1, 0.15) is 11.6 Å². The molecule has 0 radical (unpaired) electrons. The Morgan fingerprint density at radius 2 is 2.00 bits per heavy atom. The number of anilines is 1. The van der Waals surface area contributed by atoms with Crippen LogP contribution in [0.4, 0.5) is 5.69 Å². The first kappa shape index (κ1) is 15.4. The smallest absolute Gasteiger partial charge is 0.329 e. The van der Waals surface area contributed by atoms with Crippen LogP contribution in [0, 0.1) is 5.92 Å². The predicted octanol–water partition coefficient (Wildman–Crippen LogP) is 2.46. The fourth-order valence-corrected chi connectivity index (χ4v) is 2.56. The molecule has 5 heteroatoms. The van der Waals surface area contributed by atoms with Gasteiger partial charge in [0.15, 0.2) is 0 Å². The number of ether oxygens (including phenoxy) is 1. The van der Waals surface area contributed by atoms with E-state index in [9.17, 15) is 9.59 Å². The van der Waals surface area contributed by atoms with Crippen molar-refractivity contribution in [1.29, 1.82) is 0 Å². The SMILES string of the molecule is CC(C)(C)OC(=O)[C@H]1Nc2ccccc2C[C@H]1CC(=O)O. The van der Waals surface area contributed by atoms with Crippen molar-refractivity contribution in [3.63, 3.8) is 0 Å². The maximum absolute atomic E-state index is 12.3. The molecule has 2 atom stereocenters. The molecule has 0 aliphatic carbocycles. The molecule has 2 rings (SSSR count). The van der Waals surface area contributed by atoms with E-state index in [1.165, 1.54) is 0 Å². The molecule has 21 heavy (non-hydrogen) atoms. The predicted molar refractivity (Wildman–Crippen MR) is 79.1 cm³/mol. The molecule has 0 amide bonds. The molecule has 0 saturated heterocycles. The first-order valence-electron chi connectivity index (χ1n) is 7.05. The van der Waals surface area contributed by atoms with Crippen LogP contribution in [0.3, 0.4) is 0 Å². The molecule has 1 aromatic rings. The van der Waals surface area contributed by atoms with Gasteiger partial charge in [0.25, 0.3) is 0 Å². The van der Waals surface area contributed by atoms with E-state index in [0.717, 1.165) is 11.3 Å². The minimum Gasteiger partial charge on any atom is -0.481 e. The van der Waals surface area contributed by atoms with Gasteiger partial charge in [-0.3, -0.25) is 4.79 Å². The summed E-state index contributed by atoms with van der Waals surface area (Å²) in [6.45, 7) is 5.40. The Morgan fingerprint density at radius 1 is 1.33 bits per heavy atom. The largest absolute Gasteiger partial charge is 0.481 e. The summed E-state index contributed by atoms with van der Waals surface area (Å²) in [5, 5.41) is 12.2. The molecule has 2 N–H and O–H groups in total. The summed E-state index contributed by atoms with van der Waals surface area (Å²) in [4.78, 5) is 23.4. The molecule has 0 spiro atoms. The lowest BCUT2D eigenvalue weighted by atomic mass is 9.85. The van der Waals surface area contributed by atoms with E-state index < -0.39 is 23.6 Å². The molecule has 1 heterocycles. The van der Waals surface area contributed by atoms with Crippen molar-refractivity contribution in [1.82, 2.24) is 0 Å². The second-order valence-electron chi connectivity index (χ2n) is 6.37. The van der Waals surface area contributed by atoms with Crippen molar-refractivity contribution in [3.05, 3.63) is 29.8 Å². The van der Waals surface area contributed by atoms with Crippen molar-refractivity contribution >= 4 is 17.6 Å². The summed E-state index contributed by atoms with van der Waals surface area (Å²) in [7, 11) is 0. The molecule has 0 fully saturated rings. The first-order valence-corrected chi connectivity index (χ1v) is 7.05. The van der Waals surface area contributed by atoms with Crippen molar-refractivity contribution in [3.8, 4) is 0 Å². The highest BCUT2D eigenvalue weighted by molar-refractivity contribution is 5.82. The van der Waals surface area contributed by atoms with Crippen molar-refractivity contribution in [2.45, 2.75) is 45.3 Å². The van der Waals surface area contributed by atoms with Crippen molar-refractivity contribution in [2.75, 3.05) is 5.32 Å². The van der Waals surface area contributed by atoms with Crippen LogP contribution >= 0.6 is 0 Å². The lowest BCUT2D eigenvalue weighted by Gasteiger charge is -2.34. The van der Waals surface area contributed by atoms with Gasteiger partial charge in [-0.1, -0.05) is 18.2 Å². The highest BCUT2D eigenvalue weighted by Gasteiger charge is 2.37. The molecular weight excluding hydrogens is 270 g/mol. The Labute approximate surface area is 124 Å². The maximum atomic E-state index is 12.3. The number of carbonyl (C=O) groups excluding carboxylic acids is 1. The Morgan fingerprint density at radius 3 is 2.62 bits per heavy atom. The van der Waals surface area contributed by atoms with Gasteiger partial charge in [-0.15, -0.1) is 0 Å². The Kier molecular flexibility index (Phi) is 4.21. The fraction of sp³-hybridized carbons (Fsp3) is 0.500. The van der Waals surface area contributed by atoms with Crippen LogP contribution in [0.1, 0.15) is 32.8 Å². The molecule has 0 saturated carbocycles. The fourth-order valence-electron chi connectivity index (χ4n) is 2.56. The highest BCUT2D eigenvalue weighted by Crippen LogP contribution is 2.31. The third kappa shape index (κ3) is 3.97. The maximum Gasteiger partial charge on any atom is 0.329 e. The summed E-state index contributed by atoms with van der Waals surface area (Å²) < 4.78 is 5.41. The Hall–Kier alpha value is -2.04. The van der Waals surface area contributed by atoms with Gasteiger partial charge in [0.2, 0.25) is 0 Å². The number of rotatable bonds is 3. The summed E-state index contributed by atoms with van der Waals surface area (Å²) in [5.74, 6) is -1.62. The summed E-state index contributed by atoms with van der Waals surface area (Å²) in [5.41, 5.74) is 1.31. The molecule has 0 aromatic heterocycles. The Balaban J connectivity index is 2.24. The quantitative estimate of drug-likeness (QED) is 0.837. The average Bonchev–Trinajstić information content (AvgIpc) is 2.35. The summed E-state index contributed by atoms with van der Waals surface area (Å²) in [6.07, 6.45) is 0.491. The number of fused-ring (bicyclic) bond motifs is 1. The van der Waals surface area contributed by atoms with Crippen LogP contribution in [0.5, 0.6) is 0 Å². The van der Waals surface area contributed by atoms with Crippen LogP contribution in [-0.2, 0) is 20.7 Å². The van der Waals surface area contributed by atoms with Gasteiger partial charge < -0.3 is 15.2 Å². The number of carbonyl (C=O) groups is 2. The van der Waals surface area contributed by atoms with E-state index in [-0.39, 0.29) is 12.3 Å². The second-order valence-corrected chi connectivity index (χ2v) is 6.37. The van der Waals surface area contributed by atoms with E-state index in [1.807, 2.05) is 24.3 Å². The number of esters is 1. The van der Waals surface area contributed by atoms with Gasteiger partial charge in [0, 0.05) is 11.6 Å². The topological polar surface area (TPSA) is 75.6 Å². The van der Waals surface area contributed by atoms with Gasteiger partial charge >= 0.3 is 11.9 Å². The summed E-state index contributed by atoms with van der Waals surface area (Å²) >= 11 is 0. The molecule has 1 aliphatic rings. The average molecular weight is 291 g/mol. The first-order chi connectivity index (χ1) is 9.76. The molecule has 114 valence electrons. The number of carboxylic acids is 1. The molecule has 1 aromatic carbocycles. The van der Waals surface area contributed by atoms with Crippen LogP contribution in [0.15, 0.2) is 24.3 Å². The highest BCUT2D eigenvalue weighted by atomic mass is 16.6. The third-order valence-electron chi connectivity index (χ3n) is 3.38. The molecule has 0 bridgehead atoms. The molecular formula is C16H21NO4. The number of aliphatic carboxylic acids is 1. The third-order valence-corrected chi connectivity index (χ3v) is 3.38. The molecule has 1 aliphatic heterocycles. The van der Waals surface area contributed by atoms with E-state index in [0.29, 0.717) is 6.42 Å². The number of benzene rings is 1. The number of para-hydroxylation sites is 1. The van der Waals surface area contributed by atoms with Gasteiger partial charge in [-0.05, 0) is 38.8 Å². The molecule has 0 unspecified atom stereocenters. The minimum absolute atomic E-state index is 0.0642. The number of carboxylic acid groups (broad SMARTS) is 1. The number of hydrogen-bond donors (Lipinski definition) is 2. The minimum atomic E-state index is -0.908. The van der Waals surface area contributed by atoms with E-state index in [2.05, 4.69) is 5.32 Å². The summed E-state index contributed by atoms with van der Waals surface area (Å²) in [6, 6.07) is 7.00. The standard InChI is InChI=1S/C16H21NO4/c1-16(2,3)21-15(20)14-11(9-13(18)19)8-10-6-4-5-7-12(10)17-14/h4-7,11,14,17H,8-9H2,1-3H3,(H,18,19)/t11-,14-/m0/s1. The zero-order valence-corrected chi connectivity index (χ0v) is 12.6. The molecule has 5 nitrogen and oxygen atoms in total. The zero-order chi connectivity index (χ0) is 15.6. The monoisotopic (exact) mass is 291 g/mol. The zero-order valence-electron chi connectivity index (χ0n) is 12.6.